The number of hydrogen-bond donors (Lipinski definition) is 1. The van der Waals surface area contributed by atoms with Crippen LogP contribution in [0.4, 0.5) is 20.2 Å². The summed E-state index contributed by atoms with van der Waals surface area (Å²) in [6, 6.07) is 6.70. The maximum absolute atomic E-state index is 13.0. The van der Waals surface area contributed by atoms with Crippen LogP contribution in [0, 0.1) is 10.1 Å². The molecule has 0 aliphatic rings. The lowest BCUT2D eigenvalue weighted by Crippen LogP contribution is -2.09. The molecule has 0 bridgehead atoms. The summed E-state index contributed by atoms with van der Waals surface area (Å²) >= 11 is 0. The lowest BCUT2D eigenvalue weighted by atomic mass is 10.1. The van der Waals surface area contributed by atoms with Gasteiger partial charge in [0.2, 0.25) is 0 Å². The minimum Gasteiger partial charge on any atom is -0.378 e. The van der Waals surface area contributed by atoms with Crippen LogP contribution in [-0.2, 0) is 0 Å². The number of rotatable bonds is 5. The van der Waals surface area contributed by atoms with Crippen LogP contribution < -0.4 is 5.32 Å². The van der Waals surface area contributed by atoms with Crippen LogP contribution in [0.25, 0.3) is 0 Å². The van der Waals surface area contributed by atoms with Crippen molar-refractivity contribution in [2.24, 2.45) is 0 Å². The molecule has 2 rings (SSSR count). The fraction of sp³-hybridized carbons (Fsp3) is 0.214. The van der Waals surface area contributed by atoms with Crippen molar-refractivity contribution in [2.45, 2.75) is 19.4 Å². The summed E-state index contributed by atoms with van der Waals surface area (Å²) in [4.78, 5) is 13.9. The van der Waals surface area contributed by atoms with Crippen molar-refractivity contribution >= 4 is 11.4 Å². The van der Waals surface area contributed by atoms with Gasteiger partial charge in [0, 0.05) is 35.8 Å². The second-order valence-electron chi connectivity index (χ2n) is 4.48. The van der Waals surface area contributed by atoms with E-state index in [0.29, 0.717) is 0 Å². The molecule has 0 saturated heterocycles. The molecule has 0 aliphatic carbocycles. The van der Waals surface area contributed by atoms with Gasteiger partial charge in [-0.05, 0) is 24.6 Å². The maximum atomic E-state index is 13.0. The standard InChI is InChI=1S/C14H13F2N3O2/c1-9(10-3-2-6-17-8-10)18-13-5-4-11(19(20)21)7-12(13)14(15)16/h2-9,14,18H,1H3. The van der Waals surface area contributed by atoms with Crippen LogP contribution >= 0.6 is 0 Å². The zero-order chi connectivity index (χ0) is 15.4. The van der Waals surface area contributed by atoms with Gasteiger partial charge < -0.3 is 5.32 Å². The molecule has 0 fully saturated rings. The molecular weight excluding hydrogens is 280 g/mol. The van der Waals surface area contributed by atoms with Gasteiger partial charge >= 0.3 is 0 Å². The monoisotopic (exact) mass is 293 g/mol. The van der Waals surface area contributed by atoms with Gasteiger partial charge in [0.15, 0.2) is 0 Å². The molecule has 1 N–H and O–H groups in total. The first kappa shape index (κ1) is 14.8. The summed E-state index contributed by atoms with van der Waals surface area (Å²) in [5.74, 6) is 0. The number of hydrogen-bond acceptors (Lipinski definition) is 4. The predicted molar refractivity (Wildman–Crippen MR) is 74.3 cm³/mol. The smallest absolute Gasteiger partial charge is 0.270 e. The molecule has 0 aliphatic heterocycles. The first-order valence-electron chi connectivity index (χ1n) is 6.22. The van der Waals surface area contributed by atoms with E-state index in [2.05, 4.69) is 10.3 Å². The van der Waals surface area contributed by atoms with Crippen molar-refractivity contribution in [3.63, 3.8) is 0 Å². The second kappa shape index (κ2) is 6.25. The lowest BCUT2D eigenvalue weighted by molar-refractivity contribution is -0.385. The first-order valence-corrected chi connectivity index (χ1v) is 6.22. The van der Waals surface area contributed by atoms with Crippen molar-refractivity contribution in [1.29, 1.82) is 0 Å². The molecule has 7 heteroatoms. The summed E-state index contributed by atoms with van der Waals surface area (Å²) in [7, 11) is 0. The van der Waals surface area contributed by atoms with Gasteiger partial charge in [0.1, 0.15) is 0 Å². The number of nitro groups is 1. The molecule has 0 amide bonds. The summed E-state index contributed by atoms with van der Waals surface area (Å²) in [5, 5.41) is 13.6. The summed E-state index contributed by atoms with van der Waals surface area (Å²) in [6.45, 7) is 1.80. The Morgan fingerprint density at radius 3 is 2.67 bits per heavy atom. The van der Waals surface area contributed by atoms with Gasteiger partial charge in [0.25, 0.3) is 12.1 Å². The maximum Gasteiger partial charge on any atom is 0.270 e. The van der Waals surface area contributed by atoms with E-state index in [9.17, 15) is 18.9 Å². The number of nitrogens with one attached hydrogen (secondary N) is 1. The molecule has 1 atom stereocenters. The molecular formula is C14H13F2N3O2. The van der Waals surface area contributed by atoms with Crippen molar-refractivity contribution in [2.75, 3.05) is 5.32 Å². The number of nitro benzene ring substituents is 1. The molecule has 5 nitrogen and oxygen atoms in total. The molecule has 21 heavy (non-hydrogen) atoms. The van der Waals surface area contributed by atoms with Crippen LogP contribution in [-0.4, -0.2) is 9.91 Å². The van der Waals surface area contributed by atoms with Gasteiger partial charge in [-0.1, -0.05) is 6.07 Å². The number of anilines is 1. The molecule has 0 saturated carbocycles. The van der Waals surface area contributed by atoms with Gasteiger partial charge in [-0.25, -0.2) is 8.78 Å². The highest BCUT2D eigenvalue weighted by Crippen LogP contribution is 2.32. The number of pyridine rings is 1. The van der Waals surface area contributed by atoms with Gasteiger partial charge in [-0.15, -0.1) is 0 Å². The van der Waals surface area contributed by atoms with E-state index in [1.165, 1.54) is 12.1 Å². The third kappa shape index (κ3) is 3.50. The van der Waals surface area contributed by atoms with Gasteiger partial charge in [-0.2, -0.15) is 0 Å². The van der Waals surface area contributed by atoms with Crippen molar-refractivity contribution in [3.8, 4) is 0 Å². The fourth-order valence-corrected chi connectivity index (χ4v) is 1.92. The molecule has 1 unspecified atom stereocenters. The van der Waals surface area contributed by atoms with E-state index in [0.717, 1.165) is 11.6 Å². The number of benzene rings is 1. The van der Waals surface area contributed by atoms with Crippen molar-refractivity contribution in [1.82, 2.24) is 4.98 Å². The highest BCUT2D eigenvalue weighted by molar-refractivity contribution is 5.57. The Bertz CT molecular complexity index is 635. The Morgan fingerprint density at radius 1 is 1.33 bits per heavy atom. The average molecular weight is 293 g/mol. The van der Waals surface area contributed by atoms with E-state index in [1.54, 1.807) is 25.4 Å². The lowest BCUT2D eigenvalue weighted by Gasteiger charge is -2.18. The molecule has 1 aromatic heterocycles. The van der Waals surface area contributed by atoms with E-state index in [1.807, 2.05) is 6.07 Å². The summed E-state index contributed by atoms with van der Waals surface area (Å²) in [6.07, 6.45) is 0.450. The molecule has 2 aromatic rings. The normalized spacial score (nSPS) is 12.2. The minimum absolute atomic E-state index is 0.173. The Balaban J connectivity index is 2.29. The van der Waals surface area contributed by atoms with Crippen molar-refractivity contribution < 1.29 is 13.7 Å². The third-order valence-corrected chi connectivity index (χ3v) is 3.04. The number of nitrogens with zero attached hydrogens (tertiary/aromatic N) is 2. The summed E-state index contributed by atoms with van der Waals surface area (Å²) in [5.41, 5.74) is 0.257. The molecule has 110 valence electrons. The van der Waals surface area contributed by atoms with Crippen LogP contribution in [0.2, 0.25) is 0 Å². The largest absolute Gasteiger partial charge is 0.378 e. The van der Waals surface area contributed by atoms with Crippen LogP contribution in [0.5, 0.6) is 0 Å². The second-order valence-corrected chi connectivity index (χ2v) is 4.48. The fourth-order valence-electron chi connectivity index (χ4n) is 1.92. The number of non-ortho nitro benzene ring substituents is 1. The Labute approximate surface area is 119 Å². The van der Waals surface area contributed by atoms with E-state index < -0.39 is 11.3 Å². The zero-order valence-corrected chi connectivity index (χ0v) is 11.2. The van der Waals surface area contributed by atoms with E-state index >= 15 is 0 Å². The Kier molecular flexibility index (Phi) is 4.42. The van der Waals surface area contributed by atoms with Gasteiger partial charge in [0.05, 0.1) is 11.0 Å². The quantitative estimate of drug-likeness (QED) is 0.665. The van der Waals surface area contributed by atoms with E-state index in [4.69, 9.17) is 0 Å². The average Bonchev–Trinajstić information content (AvgIpc) is 2.48. The predicted octanol–water partition coefficient (Wildman–Crippen LogP) is 4.10. The SMILES string of the molecule is CC(Nc1ccc([N+](=O)[O-])cc1C(F)F)c1cccnc1. The highest BCUT2D eigenvalue weighted by Gasteiger charge is 2.19. The first-order chi connectivity index (χ1) is 9.99. The summed E-state index contributed by atoms with van der Waals surface area (Å²) < 4.78 is 26.1. The van der Waals surface area contributed by atoms with Crippen LogP contribution in [0.3, 0.4) is 0 Å². The molecule has 1 aromatic carbocycles. The minimum atomic E-state index is -2.80. The zero-order valence-electron chi connectivity index (χ0n) is 11.2. The number of aromatic nitrogens is 1. The topological polar surface area (TPSA) is 68.1 Å². The molecule has 1 heterocycles. The number of alkyl halides is 2. The van der Waals surface area contributed by atoms with Gasteiger partial charge in [-0.3, -0.25) is 15.1 Å². The molecule has 0 radical (unpaired) electrons. The third-order valence-electron chi connectivity index (χ3n) is 3.04. The van der Waals surface area contributed by atoms with Crippen LogP contribution in [0.1, 0.15) is 30.5 Å². The Morgan fingerprint density at radius 2 is 2.10 bits per heavy atom. The molecule has 0 spiro atoms. The highest BCUT2D eigenvalue weighted by atomic mass is 19.3. The van der Waals surface area contributed by atoms with E-state index in [-0.39, 0.29) is 23.0 Å². The number of halogens is 2. The van der Waals surface area contributed by atoms with Crippen LogP contribution in [0.15, 0.2) is 42.7 Å². The Hall–Kier alpha value is -2.57. The van der Waals surface area contributed by atoms with Crippen molar-refractivity contribution in [3.05, 3.63) is 64.0 Å².